The smallest absolute Gasteiger partial charge is 0.195 e. The van der Waals surface area contributed by atoms with E-state index in [1.54, 1.807) is 0 Å². The highest BCUT2D eigenvalue weighted by molar-refractivity contribution is 5.03. The number of nitrogens with one attached hydrogen (secondary N) is 1. The summed E-state index contributed by atoms with van der Waals surface area (Å²) in [5.74, 6) is 3.52. The Kier molecular flexibility index (Phi) is 5.24. The van der Waals surface area contributed by atoms with E-state index in [0.29, 0.717) is 5.92 Å². The van der Waals surface area contributed by atoms with Crippen LogP contribution in [0.2, 0.25) is 0 Å². The van der Waals surface area contributed by atoms with Gasteiger partial charge in [-0.3, -0.25) is 0 Å². The highest BCUT2D eigenvalue weighted by Crippen LogP contribution is 2.35. The van der Waals surface area contributed by atoms with E-state index in [9.17, 15) is 0 Å². The van der Waals surface area contributed by atoms with Crippen molar-refractivity contribution in [2.45, 2.75) is 58.3 Å². The minimum atomic E-state index is 0.617. The summed E-state index contributed by atoms with van der Waals surface area (Å²) < 4.78 is 5.89. The van der Waals surface area contributed by atoms with Gasteiger partial charge in [-0.2, -0.15) is 0 Å². The molecule has 3 heteroatoms. The summed E-state index contributed by atoms with van der Waals surface area (Å²) >= 11 is 0. The number of aromatic nitrogens is 1. The van der Waals surface area contributed by atoms with Crippen molar-refractivity contribution in [3.05, 3.63) is 17.8 Å². The van der Waals surface area contributed by atoms with Gasteiger partial charge in [-0.15, -0.1) is 0 Å². The molecule has 0 aromatic carbocycles. The van der Waals surface area contributed by atoms with Crippen molar-refractivity contribution in [2.24, 2.45) is 5.92 Å². The molecule has 18 heavy (non-hydrogen) atoms. The standard InChI is InChI=1S/C15H26N2O/c1-3-9-16-10-8-15-17-11-14(18-15)13-6-4-12(2)5-7-13/h11-13,16H,3-10H2,1-2H3. The third-order valence-corrected chi connectivity index (χ3v) is 3.93. The van der Waals surface area contributed by atoms with Gasteiger partial charge in [0, 0.05) is 18.9 Å². The van der Waals surface area contributed by atoms with Gasteiger partial charge >= 0.3 is 0 Å². The normalized spacial score (nSPS) is 24.3. The lowest BCUT2D eigenvalue weighted by Crippen LogP contribution is -2.17. The van der Waals surface area contributed by atoms with E-state index < -0.39 is 0 Å². The summed E-state index contributed by atoms with van der Waals surface area (Å²) in [6, 6.07) is 0. The molecule has 3 nitrogen and oxygen atoms in total. The average Bonchev–Trinajstić information content (AvgIpc) is 2.84. The van der Waals surface area contributed by atoms with Gasteiger partial charge in [0.05, 0.1) is 6.20 Å². The Morgan fingerprint density at radius 2 is 2.06 bits per heavy atom. The Hall–Kier alpha value is -0.830. The number of hydrogen-bond donors (Lipinski definition) is 1. The lowest BCUT2D eigenvalue weighted by Gasteiger charge is -2.24. The van der Waals surface area contributed by atoms with E-state index in [0.717, 1.165) is 37.1 Å². The minimum Gasteiger partial charge on any atom is -0.445 e. The van der Waals surface area contributed by atoms with Gasteiger partial charge in [0.1, 0.15) is 5.76 Å². The van der Waals surface area contributed by atoms with Crippen LogP contribution in [0.3, 0.4) is 0 Å². The Morgan fingerprint density at radius 3 is 2.78 bits per heavy atom. The molecule has 0 aliphatic heterocycles. The molecule has 1 aromatic rings. The molecule has 1 aliphatic rings. The molecule has 0 spiro atoms. The summed E-state index contributed by atoms with van der Waals surface area (Å²) in [6.07, 6.45) is 9.24. The molecule has 0 amide bonds. The third kappa shape index (κ3) is 3.84. The molecule has 1 aromatic heterocycles. The molecule has 1 fully saturated rings. The van der Waals surface area contributed by atoms with E-state index in [-0.39, 0.29) is 0 Å². The largest absolute Gasteiger partial charge is 0.445 e. The van der Waals surface area contributed by atoms with Crippen molar-refractivity contribution < 1.29 is 4.42 Å². The van der Waals surface area contributed by atoms with Crippen LogP contribution >= 0.6 is 0 Å². The molecule has 2 rings (SSSR count). The van der Waals surface area contributed by atoms with Crippen molar-refractivity contribution in [3.8, 4) is 0 Å². The lowest BCUT2D eigenvalue weighted by atomic mass is 9.82. The Morgan fingerprint density at radius 1 is 1.28 bits per heavy atom. The minimum absolute atomic E-state index is 0.617. The predicted octanol–water partition coefficient (Wildman–Crippen LogP) is 3.51. The first-order valence-electron chi connectivity index (χ1n) is 7.45. The SMILES string of the molecule is CCCNCCc1ncc(C2CCC(C)CC2)o1. The zero-order valence-electron chi connectivity index (χ0n) is 11.7. The second kappa shape index (κ2) is 6.93. The lowest BCUT2D eigenvalue weighted by molar-refractivity contribution is 0.308. The molecule has 0 atom stereocenters. The highest BCUT2D eigenvalue weighted by Gasteiger charge is 2.22. The molecule has 0 bridgehead atoms. The first-order chi connectivity index (χ1) is 8.79. The number of rotatable bonds is 6. The first-order valence-corrected chi connectivity index (χ1v) is 7.45. The van der Waals surface area contributed by atoms with Crippen molar-refractivity contribution in [1.82, 2.24) is 10.3 Å². The van der Waals surface area contributed by atoms with Gasteiger partial charge in [-0.05, 0) is 31.7 Å². The summed E-state index contributed by atoms with van der Waals surface area (Å²) in [5.41, 5.74) is 0. The van der Waals surface area contributed by atoms with Crippen LogP contribution < -0.4 is 5.32 Å². The van der Waals surface area contributed by atoms with Gasteiger partial charge in [-0.1, -0.05) is 26.7 Å². The Bertz CT molecular complexity index is 340. The maximum absolute atomic E-state index is 5.89. The van der Waals surface area contributed by atoms with Gasteiger partial charge in [0.15, 0.2) is 5.89 Å². The second-order valence-electron chi connectivity index (χ2n) is 5.61. The second-order valence-corrected chi connectivity index (χ2v) is 5.61. The summed E-state index contributed by atoms with van der Waals surface area (Å²) in [7, 11) is 0. The fourth-order valence-electron chi connectivity index (χ4n) is 2.67. The molecule has 102 valence electrons. The fourth-order valence-corrected chi connectivity index (χ4v) is 2.67. The average molecular weight is 250 g/mol. The molecule has 0 radical (unpaired) electrons. The van der Waals surface area contributed by atoms with Gasteiger partial charge in [0.25, 0.3) is 0 Å². The molecule has 1 saturated carbocycles. The Labute approximate surface area is 110 Å². The van der Waals surface area contributed by atoms with E-state index in [4.69, 9.17) is 4.42 Å². The van der Waals surface area contributed by atoms with Crippen LogP contribution in [0.5, 0.6) is 0 Å². The maximum Gasteiger partial charge on any atom is 0.195 e. The van der Waals surface area contributed by atoms with E-state index in [1.165, 1.54) is 32.1 Å². The first kappa shape index (κ1) is 13.6. The fraction of sp³-hybridized carbons (Fsp3) is 0.800. The van der Waals surface area contributed by atoms with Gasteiger partial charge < -0.3 is 9.73 Å². The number of oxazole rings is 1. The van der Waals surface area contributed by atoms with Crippen molar-refractivity contribution in [1.29, 1.82) is 0 Å². The molecule has 0 saturated heterocycles. The zero-order chi connectivity index (χ0) is 12.8. The van der Waals surface area contributed by atoms with Crippen molar-refractivity contribution in [3.63, 3.8) is 0 Å². The predicted molar refractivity (Wildman–Crippen MR) is 73.7 cm³/mol. The van der Waals surface area contributed by atoms with Crippen LogP contribution in [-0.4, -0.2) is 18.1 Å². The molecule has 1 heterocycles. The topological polar surface area (TPSA) is 38.1 Å². The summed E-state index contributed by atoms with van der Waals surface area (Å²) in [6.45, 7) is 6.57. The molecule has 0 unspecified atom stereocenters. The van der Waals surface area contributed by atoms with E-state index in [1.807, 2.05) is 6.20 Å². The van der Waals surface area contributed by atoms with Crippen molar-refractivity contribution >= 4 is 0 Å². The van der Waals surface area contributed by atoms with Crippen LogP contribution in [0.15, 0.2) is 10.6 Å². The van der Waals surface area contributed by atoms with Gasteiger partial charge in [-0.25, -0.2) is 4.98 Å². The van der Waals surface area contributed by atoms with Crippen LogP contribution in [0.4, 0.5) is 0 Å². The van der Waals surface area contributed by atoms with Crippen LogP contribution in [0.1, 0.15) is 63.5 Å². The number of hydrogen-bond acceptors (Lipinski definition) is 3. The maximum atomic E-state index is 5.89. The molecule has 1 N–H and O–H groups in total. The van der Waals surface area contributed by atoms with Crippen LogP contribution in [-0.2, 0) is 6.42 Å². The monoisotopic (exact) mass is 250 g/mol. The Balaban J connectivity index is 1.78. The van der Waals surface area contributed by atoms with E-state index in [2.05, 4.69) is 24.1 Å². The highest BCUT2D eigenvalue weighted by atomic mass is 16.4. The van der Waals surface area contributed by atoms with Gasteiger partial charge in [0.2, 0.25) is 0 Å². The number of nitrogens with zero attached hydrogens (tertiary/aromatic N) is 1. The molecular weight excluding hydrogens is 224 g/mol. The summed E-state index contributed by atoms with van der Waals surface area (Å²) in [5, 5.41) is 3.38. The van der Waals surface area contributed by atoms with Crippen LogP contribution in [0.25, 0.3) is 0 Å². The third-order valence-electron chi connectivity index (χ3n) is 3.93. The molecular formula is C15H26N2O. The van der Waals surface area contributed by atoms with Crippen LogP contribution in [0, 0.1) is 5.92 Å². The van der Waals surface area contributed by atoms with E-state index >= 15 is 0 Å². The quantitative estimate of drug-likeness (QED) is 0.785. The summed E-state index contributed by atoms with van der Waals surface area (Å²) in [4.78, 5) is 4.40. The molecule has 1 aliphatic carbocycles. The zero-order valence-corrected chi connectivity index (χ0v) is 11.7. The van der Waals surface area contributed by atoms with Crippen molar-refractivity contribution in [2.75, 3.05) is 13.1 Å².